The van der Waals surface area contributed by atoms with E-state index in [1.54, 1.807) is 0 Å². The van der Waals surface area contributed by atoms with E-state index in [1.807, 2.05) is 0 Å². The highest BCUT2D eigenvalue weighted by atomic mass is 15.0. The number of para-hydroxylation sites is 1. The zero-order chi connectivity index (χ0) is 9.47. The molecule has 0 amide bonds. The summed E-state index contributed by atoms with van der Waals surface area (Å²) < 4.78 is 0. The van der Waals surface area contributed by atoms with E-state index in [2.05, 4.69) is 50.4 Å². The molecule has 0 spiro atoms. The van der Waals surface area contributed by atoms with Gasteiger partial charge in [0, 0.05) is 11.7 Å². The van der Waals surface area contributed by atoms with Crippen LogP contribution in [0.15, 0.2) is 24.3 Å². The Kier molecular flexibility index (Phi) is 1.83. The summed E-state index contributed by atoms with van der Waals surface area (Å²) in [4.78, 5) is 0. The highest BCUT2D eigenvalue weighted by molar-refractivity contribution is 5.56. The van der Waals surface area contributed by atoms with Gasteiger partial charge in [-0.25, -0.2) is 0 Å². The van der Waals surface area contributed by atoms with E-state index < -0.39 is 0 Å². The van der Waals surface area contributed by atoms with Crippen LogP contribution in [0, 0.1) is 5.41 Å². The SMILES string of the molecule is CC(C)(C)[C@H]1Cc2ccccc2N1. The molecule has 2 rings (SSSR count). The monoisotopic (exact) mass is 175 g/mol. The Hall–Kier alpha value is -0.980. The van der Waals surface area contributed by atoms with E-state index in [9.17, 15) is 0 Å². The molecule has 0 aliphatic carbocycles. The van der Waals surface area contributed by atoms with Crippen LogP contribution >= 0.6 is 0 Å². The van der Waals surface area contributed by atoms with Gasteiger partial charge in [-0.15, -0.1) is 0 Å². The van der Waals surface area contributed by atoms with Gasteiger partial charge in [0.1, 0.15) is 0 Å². The highest BCUT2D eigenvalue weighted by Gasteiger charge is 2.29. The zero-order valence-electron chi connectivity index (χ0n) is 8.59. The fraction of sp³-hybridized carbons (Fsp3) is 0.500. The Balaban J connectivity index is 2.23. The minimum absolute atomic E-state index is 0.346. The van der Waals surface area contributed by atoms with Gasteiger partial charge < -0.3 is 5.32 Å². The van der Waals surface area contributed by atoms with Gasteiger partial charge in [-0.3, -0.25) is 0 Å². The van der Waals surface area contributed by atoms with E-state index in [0.29, 0.717) is 11.5 Å². The van der Waals surface area contributed by atoms with Gasteiger partial charge in [-0.2, -0.15) is 0 Å². The Morgan fingerprint density at radius 2 is 1.92 bits per heavy atom. The lowest BCUT2D eigenvalue weighted by molar-refractivity contribution is 0.347. The molecule has 1 aromatic rings. The van der Waals surface area contributed by atoms with E-state index >= 15 is 0 Å². The van der Waals surface area contributed by atoms with E-state index in [1.165, 1.54) is 17.7 Å². The minimum atomic E-state index is 0.346. The lowest BCUT2D eigenvalue weighted by atomic mass is 9.85. The topological polar surface area (TPSA) is 12.0 Å². The molecule has 1 aromatic carbocycles. The summed E-state index contributed by atoms with van der Waals surface area (Å²) in [5, 5.41) is 3.57. The average molecular weight is 175 g/mol. The van der Waals surface area contributed by atoms with Crippen LogP contribution in [-0.2, 0) is 6.42 Å². The van der Waals surface area contributed by atoms with Crippen molar-refractivity contribution < 1.29 is 0 Å². The van der Waals surface area contributed by atoms with Crippen molar-refractivity contribution in [3.63, 3.8) is 0 Å². The van der Waals surface area contributed by atoms with Crippen molar-refractivity contribution in [1.29, 1.82) is 0 Å². The van der Waals surface area contributed by atoms with Crippen molar-refractivity contribution in [2.45, 2.75) is 33.2 Å². The van der Waals surface area contributed by atoms with Crippen LogP contribution in [0.3, 0.4) is 0 Å². The molecule has 0 saturated heterocycles. The van der Waals surface area contributed by atoms with Gasteiger partial charge in [0.25, 0.3) is 0 Å². The van der Waals surface area contributed by atoms with Crippen LogP contribution in [0.4, 0.5) is 5.69 Å². The maximum absolute atomic E-state index is 3.57. The van der Waals surface area contributed by atoms with E-state index in [-0.39, 0.29) is 0 Å². The van der Waals surface area contributed by atoms with Gasteiger partial charge in [0.05, 0.1) is 0 Å². The summed E-state index contributed by atoms with van der Waals surface area (Å²) in [6.45, 7) is 6.86. The van der Waals surface area contributed by atoms with Crippen LogP contribution in [0.5, 0.6) is 0 Å². The smallest absolute Gasteiger partial charge is 0.0375 e. The summed E-state index contributed by atoms with van der Waals surface area (Å²) in [5.41, 5.74) is 3.13. The van der Waals surface area contributed by atoms with Crippen molar-refractivity contribution in [1.82, 2.24) is 0 Å². The van der Waals surface area contributed by atoms with Crippen LogP contribution in [-0.4, -0.2) is 6.04 Å². The Morgan fingerprint density at radius 1 is 1.23 bits per heavy atom. The standard InChI is InChI=1S/C12H17N/c1-12(2,3)11-8-9-6-4-5-7-10(9)13-11/h4-7,11,13H,8H2,1-3H3/t11-/m1/s1. The van der Waals surface area contributed by atoms with Gasteiger partial charge in [-0.05, 0) is 23.5 Å². The van der Waals surface area contributed by atoms with E-state index in [0.717, 1.165) is 0 Å². The van der Waals surface area contributed by atoms with Crippen molar-refractivity contribution >= 4 is 5.69 Å². The predicted octanol–water partition coefficient (Wildman–Crippen LogP) is 3.07. The molecule has 1 heterocycles. The molecule has 0 aromatic heterocycles. The number of hydrogen-bond donors (Lipinski definition) is 1. The molecular weight excluding hydrogens is 158 g/mol. The highest BCUT2D eigenvalue weighted by Crippen LogP contribution is 2.33. The third kappa shape index (κ3) is 1.55. The quantitative estimate of drug-likeness (QED) is 0.639. The number of anilines is 1. The number of benzene rings is 1. The number of nitrogens with one attached hydrogen (secondary N) is 1. The summed E-state index contributed by atoms with van der Waals surface area (Å²) in [6.07, 6.45) is 1.17. The molecule has 70 valence electrons. The maximum Gasteiger partial charge on any atom is 0.0375 e. The van der Waals surface area contributed by atoms with Crippen LogP contribution in [0.25, 0.3) is 0 Å². The lowest BCUT2D eigenvalue weighted by Gasteiger charge is -2.27. The normalized spacial score (nSPS) is 21.0. The molecule has 1 atom stereocenters. The Bertz CT molecular complexity index is 284. The second kappa shape index (κ2) is 2.76. The van der Waals surface area contributed by atoms with Crippen molar-refractivity contribution in [2.75, 3.05) is 5.32 Å². The van der Waals surface area contributed by atoms with Gasteiger partial charge >= 0.3 is 0 Å². The van der Waals surface area contributed by atoms with Crippen molar-refractivity contribution in [3.8, 4) is 0 Å². The molecule has 0 saturated carbocycles. The van der Waals surface area contributed by atoms with Gasteiger partial charge in [0.2, 0.25) is 0 Å². The first-order valence-corrected chi connectivity index (χ1v) is 4.92. The minimum Gasteiger partial charge on any atom is -0.381 e. The molecule has 0 bridgehead atoms. The molecule has 1 aliphatic rings. The zero-order valence-corrected chi connectivity index (χ0v) is 8.59. The van der Waals surface area contributed by atoms with Gasteiger partial charge in [-0.1, -0.05) is 39.0 Å². The molecule has 13 heavy (non-hydrogen) atoms. The van der Waals surface area contributed by atoms with Crippen molar-refractivity contribution in [2.24, 2.45) is 5.41 Å². The fourth-order valence-corrected chi connectivity index (χ4v) is 1.82. The molecule has 0 unspecified atom stereocenters. The third-order valence-corrected chi connectivity index (χ3v) is 2.82. The lowest BCUT2D eigenvalue weighted by Crippen LogP contribution is -2.31. The second-order valence-corrected chi connectivity index (χ2v) is 4.92. The average Bonchev–Trinajstić information content (AvgIpc) is 2.45. The number of hydrogen-bond acceptors (Lipinski definition) is 1. The molecule has 1 heteroatoms. The molecule has 1 N–H and O–H groups in total. The second-order valence-electron chi connectivity index (χ2n) is 4.92. The first-order valence-electron chi connectivity index (χ1n) is 4.92. The number of fused-ring (bicyclic) bond motifs is 1. The van der Waals surface area contributed by atoms with Crippen LogP contribution < -0.4 is 5.32 Å². The summed E-state index contributed by atoms with van der Waals surface area (Å²) in [6, 6.07) is 9.18. The molecule has 0 fully saturated rings. The fourth-order valence-electron chi connectivity index (χ4n) is 1.82. The largest absolute Gasteiger partial charge is 0.381 e. The first kappa shape index (κ1) is 8.61. The van der Waals surface area contributed by atoms with Crippen LogP contribution in [0.1, 0.15) is 26.3 Å². The first-order chi connectivity index (χ1) is 6.07. The molecule has 1 nitrogen and oxygen atoms in total. The van der Waals surface area contributed by atoms with Gasteiger partial charge in [0.15, 0.2) is 0 Å². The molecule has 0 radical (unpaired) electrons. The summed E-state index contributed by atoms with van der Waals surface area (Å²) in [5.74, 6) is 0. The third-order valence-electron chi connectivity index (χ3n) is 2.82. The van der Waals surface area contributed by atoms with Crippen LogP contribution in [0.2, 0.25) is 0 Å². The summed E-state index contributed by atoms with van der Waals surface area (Å²) >= 11 is 0. The number of rotatable bonds is 0. The Labute approximate surface area is 80.2 Å². The Morgan fingerprint density at radius 3 is 2.54 bits per heavy atom. The summed E-state index contributed by atoms with van der Waals surface area (Å²) in [7, 11) is 0. The molecular formula is C12H17N. The molecule has 1 aliphatic heterocycles. The maximum atomic E-state index is 3.57. The predicted molar refractivity (Wildman–Crippen MR) is 57.0 cm³/mol. The van der Waals surface area contributed by atoms with Crippen molar-refractivity contribution in [3.05, 3.63) is 29.8 Å². The van der Waals surface area contributed by atoms with E-state index in [4.69, 9.17) is 0 Å².